The van der Waals surface area contributed by atoms with Crippen LogP contribution in [0.15, 0.2) is 64.2 Å². The van der Waals surface area contributed by atoms with Crippen molar-refractivity contribution in [3.05, 3.63) is 81.0 Å². The summed E-state index contributed by atoms with van der Waals surface area (Å²) in [5.74, 6) is 0.564. The lowest BCUT2D eigenvalue weighted by molar-refractivity contribution is -0.145. The number of para-hydroxylation sites is 2. The van der Waals surface area contributed by atoms with Crippen LogP contribution in [-0.4, -0.2) is 38.3 Å². The molecule has 0 bridgehead atoms. The maximum absolute atomic E-state index is 13.4. The Bertz CT molecular complexity index is 1520. The zero-order chi connectivity index (χ0) is 24.5. The summed E-state index contributed by atoms with van der Waals surface area (Å²) >= 11 is 0. The Balaban J connectivity index is 1.54. The highest BCUT2D eigenvalue weighted by Crippen LogP contribution is 2.36. The van der Waals surface area contributed by atoms with Gasteiger partial charge in [-0.3, -0.25) is 14.2 Å². The normalized spacial score (nSPS) is 13.0. The van der Waals surface area contributed by atoms with E-state index in [4.69, 9.17) is 9.47 Å². The van der Waals surface area contributed by atoms with Crippen molar-refractivity contribution in [3.63, 3.8) is 0 Å². The van der Waals surface area contributed by atoms with Gasteiger partial charge in [0, 0.05) is 20.1 Å². The summed E-state index contributed by atoms with van der Waals surface area (Å²) in [5, 5.41) is 0. The third-order valence-electron chi connectivity index (χ3n) is 6.12. The Morgan fingerprint density at radius 3 is 2.54 bits per heavy atom. The molecule has 0 unspecified atom stereocenters. The number of anilines is 2. The molecule has 0 fully saturated rings. The number of hydrogen-bond acceptors (Lipinski definition) is 7. The lowest BCUT2D eigenvalue weighted by atomic mass is 10.2. The highest BCUT2D eigenvalue weighted by molar-refractivity contribution is 5.78. The molecule has 0 spiro atoms. The first-order valence-corrected chi connectivity index (χ1v) is 11.3. The number of aromatic nitrogens is 4. The number of rotatable bonds is 6. The topological polar surface area (TPSA) is 101 Å². The Morgan fingerprint density at radius 2 is 1.77 bits per heavy atom. The van der Waals surface area contributed by atoms with Crippen LogP contribution in [0.3, 0.4) is 0 Å². The quantitative estimate of drug-likeness (QED) is 0.394. The molecule has 4 aromatic rings. The van der Waals surface area contributed by atoms with Crippen molar-refractivity contribution in [2.75, 3.05) is 18.6 Å². The van der Waals surface area contributed by atoms with Gasteiger partial charge < -0.3 is 18.9 Å². The minimum absolute atomic E-state index is 0.0624. The fourth-order valence-electron chi connectivity index (χ4n) is 4.40. The molecule has 35 heavy (non-hydrogen) atoms. The predicted octanol–water partition coefficient (Wildman–Crippen LogP) is 2.19. The van der Waals surface area contributed by atoms with Gasteiger partial charge in [0.1, 0.15) is 18.9 Å². The summed E-state index contributed by atoms with van der Waals surface area (Å²) in [6.07, 6.45) is 0.762. The molecule has 0 amide bonds. The summed E-state index contributed by atoms with van der Waals surface area (Å²) in [6.45, 7) is 0.818. The van der Waals surface area contributed by atoms with Crippen LogP contribution in [0.2, 0.25) is 0 Å². The van der Waals surface area contributed by atoms with Gasteiger partial charge in [0.05, 0.1) is 12.8 Å². The number of nitrogens with zero attached hydrogens (tertiary/aromatic N) is 5. The standard InChI is InChI=1S/C25H25N5O5/c1-27-22-21(23(32)30(25(27)33)15-20(31)35-16-17-9-4-3-5-10-17)29-14-8-13-28(24(29)26-22)18-11-6-7-12-19(18)34-2/h3-7,9-12H,8,13-16H2,1-2H3. The molecule has 10 nitrogen and oxygen atoms in total. The van der Waals surface area contributed by atoms with Crippen LogP contribution in [0, 0.1) is 0 Å². The van der Waals surface area contributed by atoms with Gasteiger partial charge >= 0.3 is 11.7 Å². The third kappa shape index (κ3) is 3.96. The Kier molecular flexibility index (Phi) is 5.86. The van der Waals surface area contributed by atoms with Gasteiger partial charge in [-0.2, -0.15) is 4.98 Å². The lowest BCUT2D eigenvalue weighted by Gasteiger charge is -2.30. The SMILES string of the molecule is COc1ccccc1N1CCCn2c1nc1c2c(=O)n(CC(=O)OCc2ccccc2)c(=O)n1C. The van der Waals surface area contributed by atoms with Crippen molar-refractivity contribution in [2.45, 2.75) is 26.1 Å². The second-order valence-electron chi connectivity index (χ2n) is 8.29. The third-order valence-corrected chi connectivity index (χ3v) is 6.12. The van der Waals surface area contributed by atoms with Gasteiger partial charge in [0.15, 0.2) is 11.2 Å². The molecule has 0 N–H and O–H groups in total. The van der Waals surface area contributed by atoms with Crippen molar-refractivity contribution in [2.24, 2.45) is 7.05 Å². The second kappa shape index (κ2) is 9.13. The fourth-order valence-corrected chi connectivity index (χ4v) is 4.40. The first-order chi connectivity index (χ1) is 17.0. The van der Waals surface area contributed by atoms with E-state index in [1.54, 1.807) is 18.7 Å². The number of imidazole rings is 1. The maximum atomic E-state index is 13.4. The minimum Gasteiger partial charge on any atom is -0.495 e. The Morgan fingerprint density at radius 1 is 1.03 bits per heavy atom. The average molecular weight is 476 g/mol. The van der Waals surface area contributed by atoms with Crippen molar-refractivity contribution >= 4 is 28.8 Å². The predicted molar refractivity (Wildman–Crippen MR) is 130 cm³/mol. The van der Waals surface area contributed by atoms with Gasteiger partial charge in [-0.25, -0.2) is 9.36 Å². The molecule has 10 heteroatoms. The number of carbonyl (C=O) groups is 1. The van der Waals surface area contributed by atoms with Gasteiger partial charge in [0.25, 0.3) is 5.56 Å². The minimum atomic E-state index is -0.665. The number of methoxy groups -OCH3 is 1. The van der Waals surface area contributed by atoms with Crippen molar-refractivity contribution in [1.29, 1.82) is 0 Å². The number of carbonyl (C=O) groups excluding carboxylic acids is 1. The number of aryl methyl sites for hydroxylation is 2. The summed E-state index contributed by atoms with van der Waals surface area (Å²) in [6, 6.07) is 16.8. The molecule has 0 atom stereocenters. The zero-order valence-corrected chi connectivity index (χ0v) is 19.5. The highest BCUT2D eigenvalue weighted by atomic mass is 16.5. The number of fused-ring (bicyclic) bond motifs is 3. The monoisotopic (exact) mass is 475 g/mol. The number of ether oxygens (including phenoxy) is 2. The Hall–Kier alpha value is -4.34. The molecular formula is C25H25N5O5. The number of esters is 1. The van der Waals surface area contributed by atoms with Crippen LogP contribution in [-0.2, 0) is 36.3 Å². The molecule has 3 heterocycles. The van der Waals surface area contributed by atoms with E-state index in [0.29, 0.717) is 24.8 Å². The lowest BCUT2D eigenvalue weighted by Crippen LogP contribution is -2.41. The molecule has 0 radical (unpaired) electrons. The molecule has 2 aromatic heterocycles. The molecule has 0 saturated carbocycles. The molecule has 1 aliphatic rings. The van der Waals surface area contributed by atoms with E-state index in [9.17, 15) is 14.4 Å². The van der Waals surface area contributed by atoms with Crippen molar-refractivity contribution in [3.8, 4) is 5.75 Å². The molecule has 0 saturated heterocycles. The highest BCUT2D eigenvalue weighted by Gasteiger charge is 2.28. The number of hydrogen-bond donors (Lipinski definition) is 0. The van der Waals surface area contributed by atoms with Crippen LogP contribution >= 0.6 is 0 Å². The van der Waals surface area contributed by atoms with Crippen LogP contribution in [0.1, 0.15) is 12.0 Å². The Labute approximate surface area is 200 Å². The van der Waals surface area contributed by atoms with E-state index in [1.807, 2.05) is 59.5 Å². The maximum Gasteiger partial charge on any atom is 0.333 e. The second-order valence-corrected chi connectivity index (χ2v) is 8.29. The van der Waals surface area contributed by atoms with E-state index < -0.39 is 23.8 Å². The number of benzene rings is 2. The summed E-state index contributed by atoms with van der Waals surface area (Å²) in [5.41, 5.74) is 0.987. The first-order valence-electron chi connectivity index (χ1n) is 11.3. The molecule has 5 rings (SSSR count). The smallest absolute Gasteiger partial charge is 0.333 e. The van der Waals surface area contributed by atoms with E-state index in [1.165, 1.54) is 4.57 Å². The molecule has 0 aliphatic carbocycles. The summed E-state index contributed by atoms with van der Waals surface area (Å²) in [7, 11) is 3.15. The van der Waals surface area contributed by atoms with Crippen LogP contribution in [0.4, 0.5) is 11.6 Å². The average Bonchev–Trinajstić information content (AvgIpc) is 3.29. The van der Waals surface area contributed by atoms with Gasteiger partial charge in [-0.05, 0) is 24.1 Å². The van der Waals surface area contributed by atoms with Crippen LogP contribution in [0.25, 0.3) is 11.2 Å². The van der Waals surface area contributed by atoms with Gasteiger partial charge in [-0.15, -0.1) is 0 Å². The molecule has 1 aliphatic heterocycles. The van der Waals surface area contributed by atoms with Gasteiger partial charge in [-0.1, -0.05) is 42.5 Å². The zero-order valence-electron chi connectivity index (χ0n) is 19.5. The van der Waals surface area contributed by atoms with E-state index >= 15 is 0 Å². The summed E-state index contributed by atoms with van der Waals surface area (Å²) < 4.78 is 14.8. The van der Waals surface area contributed by atoms with Crippen molar-refractivity contribution in [1.82, 2.24) is 18.7 Å². The molecular weight excluding hydrogens is 450 g/mol. The molecule has 2 aromatic carbocycles. The van der Waals surface area contributed by atoms with Crippen LogP contribution in [0.5, 0.6) is 5.75 Å². The van der Waals surface area contributed by atoms with Crippen molar-refractivity contribution < 1.29 is 14.3 Å². The molecule has 180 valence electrons. The van der Waals surface area contributed by atoms with E-state index in [0.717, 1.165) is 22.2 Å². The fraction of sp³-hybridized carbons (Fsp3) is 0.280. The van der Waals surface area contributed by atoms with E-state index in [2.05, 4.69) is 4.98 Å². The summed E-state index contributed by atoms with van der Waals surface area (Å²) in [4.78, 5) is 45.6. The van der Waals surface area contributed by atoms with E-state index in [-0.39, 0.29) is 17.8 Å². The van der Waals surface area contributed by atoms with Crippen LogP contribution < -0.4 is 20.9 Å². The largest absolute Gasteiger partial charge is 0.495 e. The first kappa shape index (κ1) is 22.5. The van der Waals surface area contributed by atoms with Gasteiger partial charge in [0.2, 0.25) is 5.95 Å².